The van der Waals surface area contributed by atoms with Gasteiger partial charge in [0.2, 0.25) is 5.95 Å². The number of furan rings is 1. The number of carbonyl (C=O) groups is 1. The van der Waals surface area contributed by atoms with Crippen LogP contribution in [-0.2, 0) is 14.3 Å². The average Bonchev–Trinajstić information content (AvgIpc) is 3.14. The Bertz CT molecular complexity index is 748. The number of methoxy groups -OCH3 is 1. The highest BCUT2D eigenvalue weighted by atomic mass is 16.6. The summed E-state index contributed by atoms with van der Waals surface area (Å²) in [6.45, 7) is 4.09. The lowest BCUT2D eigenvalue weighted by molar-refractivity contribution is -0.140. The van der Waals surface area contributed by atoms with E-state index in [4.69, 9.17) is 13.9 Å². The summed E-state index contributed by atoms with van der Waals surface area (Å²) in [5.74, 6) is 1.27. The molecule has 1 atom stereocenters. The van der Waals surface area contributed by atoms with Crippen LogP contribution in [0.1, 0.15) is 24.5 Å². The Morgan fingerprint density at radius 1 is 1.39 bits per heavy atom. The van der Waals surface area contributed by atoms with Crippen molar-refractivity contribution in [3.63, 3.8) is 0 Å². The number of nitrogens with zero attached hydrogens (tertiary/aromatic N) is 4. The number of esters is 1. The summed E-state index contributed by atoms with van der Waals surface area (Å²) in [5, 5.41) is 14.5. The van der Waals surface area contributed by atoms with Gasteiger partial charge in [-0.05, 0) is 36.4 Å². The number of allylic oxidation sites excluding steroid dienone is 1. The fourth-order valence-electron chi connectivity index (χ4n) is 2.44. The molecule has 0 saturated heterocycles. The standard InChI is InChI=1S/C14H17N5O4/c1-8-4-5-10(23-8)12-11(13(20)22-7-6-21-3)9(2)15-14-16-17-18-19(12)14/h4-5,12H,6-7H2,1-3H3,(H,15,16,18)/t12-/m0/s1. The van der Waals surface area contributed by atoms with E-state index in [2.05, 4.69) is 20.8 Å². The predicted molar refractivity (Wildman–Crippen MR) is 78.6 cm³/mol. The number of rotatable bonds is 5. The van der Waals surface area contributed by atoms with E-state index in [1.165, 1.54) is 4.68 Å². The minimum absolute atomic E-state index is 0.165. The smallest absolute Gasteiger partial charge is 0.338 e. The lowest BCUT2D eigenvalue weighted by atomic mass is 10.0. The van der Waals surface area contributed by atoms with Crippen molar-refractivity contribution < 1.29 is 18.7 Å². The zero-order valence-electron chi connectivity index (χ0n) is 13.1. The lowest BCUT2D eigenvalue weighted by Crippen LogP contribution is -2.30. The van der Waals surface area contributed by atoms with Gasteiger partial charge in [-0.3, -0.25) is 0 Å². The molecule has 0 saturated carbocycles. The second-order valence-corrected chi connectivity index (χ2v) is 5.09. The molecule has 1 N–H and O–H groups in total. The molecule has 1 aliphatic heterocycles. The molecule has 9 nitrogen and oxygen atoms in total. The van der Waals surface area contributed by atoms with Crippen LogP contribution in [0, 0.1) is 6.92 Å². The minimum atomic E-state index is -0.579. The van der Waals surface area contributed by atoms with Crippen molar-refractivity contribution in [3.8, 4) is 0 Å². The molecule has 0 bridgehead atoms. The van der Waals surface area contributed by atoms with E-state index >= 15 is 0 Å². The molecule has 0 spiro atoms. The summed E-state index contributed by atoms with van der Waals surface area (Å²) in [6, 6.07) is 3.04. The molecule has 0 radical (unpaired) electrons. The van der Waals surface area contributed by atoms with Crippen LogP contribution in [0.2, 0.25) is 0 Å². The number of nitrogens with one attached hydrogen (secondary N) is 1. The van der Waals surface area contributed by atoms with Crippen LogP contribution in [0.3, 0.4) is 0 Å². The van der Waals surface area contributed by atoms with Crippen molar-refractivity contribution >= 4 is 11.9 Å². The molecule has 9 heteroatoms. The maximum Gasteiger partial charge on any atom is 0.338 e. The molecule has 0 amide bonds. The number of ether oxygens (including phenoxy) is 2. The summed E-state index contributed by atoms with van der Waals surface area (Å²) in [7, 11) is 1.54. The Labute approximate surface area is 132 Å². The van der Waals surface area contributed by atoms with Gasteiger partial charge < -0.3 is 19.2 Å². The number of anilines is 1. The van der Waals surface area contributed by atoms with Crippen molar-refractivity contribution in [2.24, 2.45) is 0 Å². The van der Waals surface area contributed by atoms with Crippen LogP contribution in [-0.4, -0.2) is 46.5 Å². The zero-order valence-corrected chi connectivity index (χ0v) is 13.1. The molecule has 0 aromatic carbocycles. The van der Waals surface area contributed by atoms with Crippen LogP contribution in [0.4, 0.5) is 5.95 Å². The molecular weight excluding hydrogens is 302 g/mol. The van der Waals surface area contributed by atoms with E-state index < -0.39 is 12.0 Å². The van der Waals surface area contributed by atoms with Gasteiger partial charge in [0.25, 0.3) is 0 Å². The van der Waals surface area contributed by atoms with Gasteiger partial charge in [-0.15, -0.1) is 0 Å². The van der Waals surface area contributed by atoms with Gasteiger partial charge in [0.05, 0.1) is 12.2 Å². The first-order valence-corrected chi connectivity index (χ1v) is 7.10. The third-order valence-corrected chi connectivity index (χ3v) is 3.49. The van der Waals surface area contributed by atoms with Crippen molar-refractivity contribution in [2.75, 3.05) is 25.6 Å². The number of tetrazole rings is 1. The van der Waals surface area contributed by atoms with E-state index in [1.807, 2.05) is 13.0 Å². The molecule has 3 rings (SSSR count). The lowest BCUT2D eigenvalue weighted by Gasteiger charge is -2.25. The molecule has 1 aliphatic rings. The number of fused-ring (bicyclic) bond motifs is 1. The summed E-state index contributed by atoms with van der Waals surface area (Å²) < 4.78 is 17.3. The second kappa shape index (κ2) is 6.21. The third-order valence-electron chi connectivity index (χ3n) is 3.49. The zero-order chi connectivity index (χ0) is 16.4. The molecule has 122 valence electrons. The molecule has 2 aromatic rings. The van der Waals surface area contributed by atoms with Crippen LogP contribution < -0.4 is 5.32 Å². The van der Waals surface area contributed by atoms with Crippen LogP contribution >= 0.6 is 0 Å². The maximum atomic E-state index is 12.5. The van der Waals surface area contributed by atoms with Crippen LogP contribution in [0.25, 0.3) is 0 Å². The van der Waals surface area contributed by atoms with Crippen LogP contribution in [0.15, 0.2) is 27.8 Å². The summed E-state index contributed by atoms with van der Waals surface area (Å²) in [6.07, 6.45) is 0. The van der Waals surface area contributed by atoms with Gasteiger partial charge in [-0.2, -0.15) is 4.68 Å². The minimum Gasteiger partial charge on any atom is -0.464 e. The van der Waals surface area contributed by atoms with Crippen molar-refractivity contribution in [3.05, 3.63) is 34.9 Å². The van der Waals surface area contributed by atoms with Crippen LogP contribution in [0.5, 0.6) is 0 Å². The van der Waals surface area contributed by atoms with E-state index in [1.54, 1.807) is 20.1 Å². The molecule has 3 heterocycles. The quantitative estimate of drug-likeness (QED) is 0.644. The first kappa shape index (κ1) is 15.2. The first-order valence-electron chi connectivity index (χ1n) is 7.10. The SMILES string of the molecule is COCCOC(=O)C1=C(C)Nc2nnnn2[C@H]1c1ccc(C)o1. The highest BCUT2D eigenvalue weighted by Crippen LogP contribution is 2.35. The second-order valence-electron chi connectivity index (χ2n) is 5.09. The van der Waals surface area contributed by atoms with Gasteiger partial charge in [-0.1, -0.05) is 5.10 Å². The largest absolute Gasteiger partial charge is 0.464 e. The van der Waals surface area contributed by atoms with Crippen molar-refractivity contribution in [2.45, 2.75) is 19.9 Å². The Hall–Kier alpha value is -2.68. The number of carbonyl (C=O) groups excluding carboxylic acids is 1. The molecule has 0 unspecified atom stereocenters. The fourth-order valence-corrected chi connectivity index (χ4v) is 2.44. The number of aryl methyl sites for hydroxylation is 1. The van der Waals surface area contributed by atoms with E-state index in [0.717, 1.165) is 5.76 Å². The molecular formula is C14H17N5O4. The highest BCUT2D eigenvalue weighted by molar-refractivity contribution is 5.92. The van der Waals surface area contributed by atoms with Gasteiger partial charge in [0.15, 0.2) is 0 Å². The predicted octanol–water partition coefficient (Wildman–Crippen LogP) is 1.05. The summed E-state index contributed by atoms with van der Waals surface area (Å²) in [5.41, 5.74) is 1.02. The summed E-state index contributed by atoms with van der Waals surface area (Å²) >= 11 is 0. The molecule has 2 aromatic heterocycles. The number of aromatic nitrogens is 4. The van der Waals surface area contributed by atoms with E-state index in [-0.39, 0.29) is 6.61 Å². The fraction of sp³-hybridized carbons (Fsp3) is 0.429. The summed E-state index contributed by atoms with van der Waals surface area (Å²) in [4.78, 5) is 12.5. The Morgan fingerprint density at radius 2 is 2.22 bits per heavy atom. The van der Waals surface area contributed by atoms with E-state index in [0.29, 0.717) is 29.6 Å². The van der Waals surface area contributed by atoms with E-state index in [9.17, 15) is 4.79 Å². The van der Waals surface area contributed by atoms with Gasteiger partial charge in [0, 0.05) is 12.8 Å². The number of hydrogen-bond acceptors (Lipinski definition) is 8. The third kappa shape index (κ3) is 2.82. The Kier molecular flexibility index (Phi) is 4.11. The topological polar surface area (TPSA) is 104 Å². The first-order chi connectivity index (χ1) is 11.1. The molecule has 23 heavy (non-hydrogen) atoms. The monoisotopic (exact) mass is 319 g/mol. The normalized spacial score (nSPS) is 16.9. The Morgan fingerprint density at radius 3 is 2.91 bits per heavy atom. The van der Waals surface area contributed by atoms with Crippen molar-refractivity contribution in [1.82, 2.24) is 20.2 Å². The number of hydrogen-bond donors (Lipinski definition) is 1. The average molecular weight is 319 g/mol. The highest BCUT2D eigenvalue weighted by Gasteiger charge is 2.36. The van der Waals surface area contributed by atoms with Gasteiger partial charge in [-0.25, -0.2) is 4.79 Å². The Balaban J connectivity index is 1.98. The molecule has 0 aliphatic carbocycles. The van der Waals surface area contributed by atoms with Crippen molar-refractivity contribution in [1.29, 1.82) is 0 Å². The van der Waals surface area contributed by atoms with Gasteiger partial charge >= 0.3 is 5.97 Å². The maximum absolute atomic E-state index is 12.5. The molecule has 0 fully saturated rings. The van der Waals surface area contributed by atoms with Gasteiger partial charge in [0.1, 0.15) is 24.2 Å².